The van der Waals surface area contributed by atoms with Crippen molar-refractivity contribution in [2.24, 2.45) is 0 Å². The molecule has 0 saturated carbocycles. The lowest BCUT2D eigenvalue weighted by molar-refractivity contribution is -0.137. The first kappa shape index (κ1) is 19.2. The van der Waals surface area contributed by atoms with E-state index >= 15 is 0 Å². The van der Waals surface area contributed by atoms with Crippen LogP contribution in [0.5, 0.6) is 0 Å². The second kappa shape index (κ2) is 7.47. The highest BCUT2D eigenvalue weighted by Crippen LogP contribution is 2.37. The summed E-state index contributed by atoms with van der Waals surface area (Å²) in [6.07, 6.45) is -3.31. The Morgan fingerprint density at radius 2 is 1.50 bits per heavy atom. The standard InChI is InChI=1S/C25H23F3N2/c26-25(27,28)21-5-3-6-22(16-21)30-12-10-29(11-13-30)17-18-8-9-24-20(14-18)15-19-4-1-2-7-23(19)24/h1-9,14,16H,10-13,15,17H2. The molecular formula is C25H23F3N2. The van der Waals surface area contributed by atoms with Crippen molar-refractivity contribution < 1.29 is 13.2 Å². The van der Waals surface area contributed by atoms with Gasteiger partial charge in [-0.2, -0.15) is 13.2 Å². The smallest absolute Gasteiger partial charge is 0.369 e. The van der Waals surface area contributed by atoms with Crippen LogP contribution in [0, 0.1) is 0 Å². The highest BCUT2D eigenvalue weighted by Gasteiger charge is 2.31. The van der Waals surface area contributed by atoms with Crippen LogP contribution in [0.25, 0.3) is 11.1 Å². The van der Waals surface area contributed by atoms with Crippen molar-refractivity contribution in [1.29, 1.82) is 0 Å². The minimum atomic E-state index is -4.30. The predicted octanol–water partition coefficient (Wildman–Crippen LogP) is 5.60. The second-order valence-electron chi connectivity index (χ2n) is 8.14. The van der Waals surface area contributed by atoms with Crippen LogP contribution in [0.1, 0.15) is 22.3 Å². The van der Waals surface area contributed by atoms with E-state index in [1.54, 1.807) is 6.07 Å². The Morgan fingerprint density at radius 1 is 0.733 bits per heavy atom. The first-order valence-electron chi connectivity index (χ1n) is 10.3. The summed E-state index contributed by atoms with van der Waals surface area (Å²) >= 11 is 0. The van der Waals surface area contributed by atoms with Gasteiger partial charge in [-0.05, 0) is 52.4 Å². The zero-order valence-electron chi connectivity index (χ0n) is 16.6. The van der Waals surface area contributed by atoms with Crippen LogP contribution < -0.4 is 4.90 Å². The first-order chi connectivity index (χ1) is 14.5. The van der Waals surface area contributed by atoms with E-state index in [9.17, 15) is 13.2 Å². The Morgan fingerprint density at radius 3 is 2.30 bits per heavy atom. The molecule has 0 bridgehead atoms. The molecule has 0 amide bonds. The number of anilines is 1. The average molecular weight is 408 g/mol. The van der Waals surface area contributed by atoms with Gasteiger partial charge in [-0.1, -0.05) is 48.5 Å². The molecule has 0 unspecified atom stereocenters. The maximum Gasteiger partial charge on any atom is 0.416 e. The van der Waals surface area contributed by atoms with E-state index in [1.807, 2.05) is 4.90 Å². The van der Waals surface area contributed by atoms with Gasteiger partial charge < -0.3 is 4.90 Å². The maximum absolute atomic E-state index is 13.0. The molecular weight excluding hydrogens is 385 g/mol. The van der Waals surface area contributed by atoms with Crippen LogP contribution in [0.2, 0.25) is 0 Å². The lowest BCUT2D eigenvalue weighted by Crippen LogP contribution is -2.46. The van der Waals surface area contributed by atoms with E-state index in [0.29, 0.717) is 5.69 Å². The molecule has 1 saturated heterocycles. The predicted molar refractivity (Wildman–Crippen MR) is 114 cm³/mol. The van der Waals surface area contributed by atoms with Crippen molar-refractivity contribution in [1.82, 2.24) is 4.90 Å². The molecule has 3 aromatic rings. The fraction of sp³-hybridized carbons (Fsp3) is 0.280. The zero-order chi connectivity index (χ0) is 20.7. The van der Waals surface area contributed by atoms with Crippen molar-refractivity contribution in [3.8, 4) is 11.1 Å². The Labute approximate surface area is 174 Å². The summed E-state index contributed by atoms with van der Waals surface area (Å²) in [4.78, 5) is 4.43. The van der Waals surface area contributed by atoms with Crippen molar-refractivity contribution in [2.45, 2.75) is 19.1 Å². The summed E-state index contributed by atoms with van der Waals surface area (Å²) in [5.74, 6) is 0. The van der Waals surface area contributed by atoms with Gasteiger partial charge in [-0.25, -0.2) is 0 Å². The summed E-state index contributed by atoms with van der Waals surface area (Å²) < 4.78 is 39.0. The largest absolute Gasteiger partial charge is 0.416 e. The van der Waals surface area contributed by atoms with Gasteiger partial charge in [0, 0.05) is 38.4 Å². The number of halogens is 3. The lowest BCUT2D eigenvalue weighted by atomic mass is 10.0. The number of alkyl halides is 3. The molecule has 1 heterocycles. The van der Waals surface area contributed by atoms with Crippen LogP contribution in [0.4, 0.5) is 18.9 Å². The van der Waals surface area contributed by atoms with Crippen molar-refractivity contribution in [3.05, 3.63) is 89.0 Å². The maximum atomic E-state index is 13.0. The van der Waals surface area contributed by atoms with Gasteiger partial charge in [-0.15, -0.1) is 0 Å². The molecule has 0 N–H and O–H groups in total. The lowest BCUT2D eigenvalue weighted by Gasteiger charge is -2.36. The van der Waals surface area contributed by atoms with Gasteiger partial charge in [0.05, 0.1) is 5.56 Å². The van der Waals surface area contributed by atoms with E-state index < -0.39 is 11.7 Å². The van der Waals surface area contributed by atoms with Crippen LogP contribution in [0.3, 0.4) is 0 Å². The molecule has 5 rings (SSSR count). The third-order valence-corrected chi connectivity index (χ3v) is 6.18. The Balaban J connectivity index is 1.23. The summed E-state index contributed by atoms with van der Waals surface area (Å²) in [5, 5.41) is 0. The summed E-state index contributed by atoms with van der Waals surface area (Å²) in [7, 11) is 0. The number of hydrogen-bond donors (Lipinski definition) is 0. The van der Waals surface area contributed by atoms with Gasteiger partial charge in [0.15, 0.2) is 0 Å². The average Bonchev–Trinajstić information content (AvgIpc) is 3.11. The highest BCUT2D eigenvalue weighted by atomic mass is 19.4. The molecule has 2 aliphatic rings. The number of rotatable bonds is 3. The first-order valence-corrected chi connectivity index (χ1v) is 10.3. The highest BCUT2D eigenvalue weighted by molar-refractivity contribution is 5.76. The van der Waals surface area contributed by atoms with E-state index in [4.69, 9.17) is 0 Å². The van der Waals surface area contributed by atoms with Gasteiger partial charge in [-0.3, -0.25) is 4.90 Å². The minimum Gasteiger partial charge on any atom is -0.369 e. The SMILES string of the molecule is FC(F)(F)c1cccc(N2CCN(Cc3ccc4c(c3)Cc3ccccc3-4)CC2)c1. The Bertz CT molecular complexity index is 1070. The number of hydrogen-bond acceptors (Lipinski definition) is 2. The van der Waals surface area contributed by atoms with Crippen LogP contribution in [-0.4, -0.2) is 31.1 Å². The van der Waals surface area contributed by atoms with Gasteiger partial charge in [0.1, 0.15) is 0 Å². The molecule has 0 aromatic heterocycles. The van der Waals surface area contributed by atoms with E-state index in [0.717, 1.165) is 45.2 Å². The minimum absolute atomic E-state index is 0.582. The number of fused-ring (bicyclic) bond motifs is 3. The quantitative estimate of drug-likeness (QED) is 0.435. The molecule has 154 valence electrons. The van der Waals surface area contributed by atoms with E-state index in [-0.39, 0.29) is 0 Å². The van der Waals surface area contributed by atoms with Gasteiger partial charge in [0.25, 0.3) is 0 Å². The number of nitrogens with zero attached hydrogens (tertiary/aromatic N) is 2. The van der Waals surface area contributed by atoms with Crippen LogP contribution in [0.15, 0.2) is 66.7 Å². The number of piperazine rings is 1. The van der Waals surface area contributed by atoms with E-state index in [1.165, 1.54) is 39.9 Å². The molecule has 2 nitrogen and oxygen atoms in total. The molecule has 0 radical (unpaired) electrons. The fourth-order valence-corrected chi connectivity index (χ4v) is 4.60. The third-order valence-electron chi connectivity index (χ3n) is 6.18. The molecule has 30 heavy (non-hydrogen) atoms. The van der Waals surface area contributed by atoms with Crippen LogP contribution >= 0.6 is 0 Å². The van der Waals surface area contributed by atoms with Gasteiger partial charge in [0.2, 0.25) is 0 Å². The summed E-state index contributed by atoms with van der Waals surface area (Å²) in [6.45, 7) is 4.02. The van der Waals surface area contributed by atoms with Crippen molar-refractivity contribution >= 4 is 5.69 Å². The Hall–Kier alpha value is -2.79. The topological polar surface area (TPSA) is 6.48 Å². The molecule has 1 aliphatic heterocycles. The number of benzene rings is 3. The van der Waals surface area contributed by atoms with Crippen LogP contribution in [-0.2, 0) is 19.1 Å². The Kier molecular flexibility index (Phi) is 4.78. The zero-order valence-corrected chi connectivity index (χ0v) is 16.6. The van der Waals surface area contributed by atoms with Crippen molar-refractivity contribution in [2.75, 3.05) is 31.1 Å². The fourth-order valence-electron chi connectivity index (χ4n) is 4.60. The molecule has 5 heteroatoms. The molecule has 0 spiro atoms. The third kappa shape index (κ3) is 3.70. The van der Waals surface area contributed by atoms with E-state index in [2.05, 4.69) is 47.4 Å². The summed E-state index contributed by atoms with van der Waals surface area (Å²) in [6, 6.07) is 21.0. The monoisotopic (exact) mass is 408 g/mol. The molecule has 3 aromatic carbocycles. The molecule has 1 aliphatic carbocycles. The second-order valence-corrected chi connectivity index (χ2v) is 8.14. The molecule has 1 fully saturated rings. The summed E-state index contributed by atoms with van der Waals surface area (Å²) in [5.41, 5.74) is 6.82. The normalized spacial score (nSPS) is 16.4. The van der Waals surface area contributed by atoms with Gasteiger partial charge >= 0.3 is 6.18 Å². The van der Waals surface area contributed by atoms with Crippen molar-refractivity contribution in [3.63, 3.8) is 0 Å². The molecule has 0 atom stereocenters.